The quantitative estimate of drug-likeness (QED) is 0.604. The topological polar surface area (TPSA) is 41.5 Å². The van der Waals surface area contributed by atoms with Crippen LogP contribution in [0.2, 0.25) is 5.02 Å². The molecular formula is C20H18ClNO2. The van der Waals surface area contributed by atoms with Gasteiger partial charge in [0.25, 0.3) is 0 Å². The third kappa shape index (κ3) is 4.67. The van der Waals surface area contributed by atoms with Crippen molar-refractivity contribution in [3.63, 3.8) is 0 Å². The van der Waals surface area contributed by atoms with Crippen molar-refractivity contribution in [1.29, 1.82) is 0 Å². The number of halogens is 1. The zero-order chi connectivity index (χ0) is 16.8. The third-order valence-electron chi connectivity index (χ3n) is 3.61. The molecule has 0 aromatic heterocycles. The van der Waals surface area contributed by atoms with Gasteiger partial charge in [0.15, 0.2) is 0 Å². The molecule has 0 heterocycles. The molecule has 0 aliphatic rings. The van der Waals surface area contributed by atoms with Gasteiger partial charge in [0, 0.05) is 17.3 Å². The van der Waals surface area contributed by atoms with Crippen LogP contribution in [0.1, 0.15) is 11.1 Å². The summed E-state index contributed by atoms with van der Waals surface area (Å²) < 4.78 is 5.77. The average Bonchev–Trinajstić information content (AvgIpc) is 2.62. The number of anilines is 1. The number of phenols is 1. The van der Waals surface area contributed by atoms with Crippen LogP contribution in [0, 0.1) is 0 Å². The lowest BCUT2D eigenvalue weighted by molar-refractivity contribution is 0.306. The predicted octanol–water partition coefficient (Wildman–Crippen LogP) is 5.24. The van der Waals surface area contributed by atoms with E-state index in [0.717, 1.165) is 27.6 Å². The summed E-state index contributed by atoms with van der Waals surface area (Å²) in [5.41, 5.74) is 3.20. The Morgan fingerprint density at radius 2 is 1.42 bits per heavy atom. The highest BCUT2D eigenvalue weighted by Crippen LogP contribution is 2.18. The highest BCUT2D eigenvalue weighted by atomic mass is 35.5. The molecule has 3 rings (SSSR count). The molecule has 0 amide bonds. The zero-order valence-electron chi connectivity index (χ0n) is 13.1. The lowest BCUT2D eigenvalue weighted by Crippen LogP contribution is -1.99. The molecule has 0 fully saturated rings. The van der Waals surface area contributed by atoms with Gasteiger partial charge in [-0.3, -0.25) is 0 Å². The Bertz CT molecular complexity index is 700. The number of aromatic hydroxyl groups is 1. The number of hydrogen-bond acceptors (Lipinski definition) is 3. The standard InChI is InChI=1S/C20H18ClNO2/c21-17-5-1-16(2-6-17)14-24-20-11-3-15(4-12-20)13-22-18-7-9-19(23)10-8-18/h1-12,22-23H,13-14H2. The lowest BCUT2D eigenvalue weighted by atomic mass is 10.2. The molecule has 0 unspecified atom stereocenters. The maximum Gasteiger partial charge on any atom is 0.119 e. The van der Waals surface area contributed by atoms with Gasteiger partial charge in [0.2, 0.25) is 0 Å². The first-order chi connectivity index (χ1) is 11.7. The van der Waals surface area contributed by atoms with Gasteiger partial charge in [0.1, 0.15) is 18.1 Å². The maximum absolute atomic E-state index is 9.27. The van der Waals surface area contributed by atoms with Crippen LogP contribution >= 0.6 is 11.6 Å². The lowest BCUT2D eigenvalue weighted by Gasteiger charge is -2.09. The van der Waals surface area contributed by atoms with Crippen molar-refractivity contribution in [2.75, 3.05) is 5.32 Å². The Morgan fingerprint density at radius 3 is 2.08 bits per heavy atom. The van der Waals surface area contributed by atoms with E-state index in [1.165, 1.54) is 0 Å². The van der Waals surface area contributed by atoms with E-state index in [1.807, 2.05) is 60.7 Å². The Hall–Kier alpha value is -2.65. The number of nitrogens with one attached hydrogen (secondary N) is 1. The fourth-order valence-corrected chi connectivity index (χ4v) is 2.36. The van der Waals surface area contributed by atoms with Gasteiger partial charge in [-0.15, -0.1) is 0 Å². The number of hydrogen-bond donors (Lipinski definition) is 2. The van der Waals surface area contributed by atoms with Crippen LogP contribution in [-0.4, -0.2) is 5.11 Å². The van der Waals surface area contributed by atoms with Gasteiger partial charge in [-0.1, -0.05) is 35.9 Å². The van der Waals surface area contributed by atoms with Crippen molar-refractivity contribution in [2.45, 2.75) is 13.2 Å². The van der Waals surface area contributed by atoms with Gasteiger partial charge in [0.05, 0.1) is 0 Å². The molecule has 0 aliphatic carbocycles. The summed E-state index contributed by atoms with van der Waals surface area (Å²) in [4.78, 5) is 0. The summed E-state index contributed by atoms with van der Waals surface area (Å²) in [6.45, 7) is 1.23. The maximum atomic E-state index is 9.27. The van der Waals surface area contributed by atoms with Crippen LogP contribution in [0.25, 0.3) is 0 Å². The summed E-state index contributed by atoms with van der Waals surface area (Å²) >= 11 is 5.87. The molecule has 0 atom stereocenters. The van der Waals surface area contributed by atoms with E-state index in [4.69, 9.17) is 16.3 Å². The molecule has 0 saturated heterocycles. The molecule has 2 N–H and O–H groups in total. The van der Waals surface area contributed by atoms with Crippen LogP contribution in [0.3, 0.4) is 0 Å². The van der Waals surface area contributed by atoms with E-state index in [-0.39, 0.29) is 5.75 Å². The SMILES string of the molecule is Oc1ccc(NCc2ccc(OCc3ccc(Cl)cc3)cc2)cc1. The largest absolute Gasteiger partial charge is 0.508 e. The molecule has 0 aliphatic heterocycles. The summed E-state index contributed by atoms with van der Waals surface area (Å²) in [5.74, 6) is 1.10. The van der Waals surface area contributed by atoms with Crippen molar-refractivity contribution >= 4 is 17.3 Å². The van der Waals surface area contributed by atoms with Crippen molar-refractivity contribution in [2.24, 2.45) is 0 Å². The van der Waals surface area contributed by atoms with E-state index in [2.05, 4.69) is 5.32 Å². The normalized spacial score (nSPS) is 10.4. The number of rotatable bonds is 6. The van der Waals surface area contributed by atoms with E-state index >= 15 is 0 Å². The average molecular weight is 340 g/mol. The molecule has 24 heavy (non-hydrogen) atoms. The van der Waals surface area contributed by atoms with Crippen molar-refractivity contribution in [3.8, 4) is 11.5 Å². The number of ether oxygens (including phenoxy) is 1. The highest BCUT2D eigenvalue weighted by Gasteiger charge is 1.99. The molecular weight excluding hydrogens is 322 g/mol. The smallest absolute Gasteiger partial charge is 0.119 e. The Kier molecular flexibility index (Phi) is 5.24. The van der Waals surface area contributed by atoms with E-state index < -0.39 is 0 Å². The Labute approximate surface area is 146 Å². The van der Waals surface area contributed by atoms with Crippen LogP contribution in [-0.2, 0) is 13.2 Å². The predicted molar refractivity (Wildman–Crippen MR) is 97.7 cm³/mol. The minimum Gasteiger partial charge on any atom is -0.508 e. The zero-order valence-corrected chi connectivity index (χ0v) is 13.8. The number of phenolic OH excluding ortho intramolecular Hbond substituents is 1. The second kappa shape index (κ2) is 7.75. The van der Waals surface area contributed by atoms with Crippen LogP contribution in [0.15, 0.2) is 72.8 Å². The molecule has 0 spiro atoms. The number of benzene rings is 3. The monoisotopic (exact) mass is 339 g/mol. The van der Waals surface area contributed by atoms with Crippen LogP contribution in [0.4, 0.5) is 5.69 Å². The van der Waals surface area contributed by atoms with Crippen LogP contribution < -0.4 is 10.1 Å². The second-order valence-electron chi connectivity index (χ2n) is 5.46. The highest BCUT2D eigenvalue weighted by molar-refractivity contribution is 6.30. The Morgan fingerprint density at radius 1 is 0.792 bits per heavy atom. The van der Waals surface area contributed by atoms with Gasteiger partial charge in [-0.25, -0.2) is 0 Å². The summed E-state index contributed by atoms with van der Waals surface area (Å²) in [6.07, 6.45) is 0. The third-order valence-corrected chi connectivity index (χ3v) is 3.86. The summed E-state index contributed by atoms with van der Waals surface area (Å²) in [5, 5.41) is 13.3. The minimum atomic E-state index is 0.266. The molecule has 122 valence electrons. The van der Waals surface area contributed by atoms with Gasteiger partial charge >= 0.3 is 0 Å². The van der Waals surface area contributed by atoms with Crippen molar-refractivity contribution in [1.82, 2.24) is 0 Å². The Balaban J connectivity index is 1.51. The summed E-state index contributed by atoms with van der Waals surface area (Å²) in [6, 6.07) is 22.6. The van der Waals surface area contributed by atoms with E-state index in [0.29, 0.717) is 13.2 Å². The fourth-order valence-electron chi connectivity index (χ4n) is 2.23. The van der Waals surface area contributed by atoms with Gasteiger partial charge in [-0.2, -0.15) is 0 Å². The first-order valence-corrected chi connectivity index (χ1v) is 8.06. The second-order valence-corrected chi connectivity index (χ2v) is 5.90. The molecule has 0 bridgehead atoms. The molecule has 0 saturated carbocycles. The first-order valence-electron chi connectivity index (χ1n) is 7.68. The van der Waals surface area contributed by atoms with Gasteiger partial charge < -0.3 is 15.2 Å². The van der Waals surface area contributed by atoms with E-state index in [1.54, 1.807) is 12.1 Å². The molecule has 3 aromatic carbocycles. The van der Waals surface area contributed by atoms with Crippen molar-refractivity contribution < 1.29 is 9.84 Å². The van der Waals surface area contributed by atoms with E-state index in [9.17, 15) is 5.11 Å². The molecule has 3 aromatic rings. The first kappa shape index (κ1) is 16.2. The minimum absolute atomic E-state index is 0.266. The fraction of sp³-hybridized carbons (Fsp3) is 0.100. The molecule has 3 nitrogen and oxygen atoms in total. The van der Waals surface area contributed by atoms with Gasteiger partial charge in [-0.05, 0) is 59.7 Å². The van der Waals surface area contributed by atoms with Crippen molar-refractivity contribution in [3.05, 3.63) is 88.9 Å². The summed E-state index contributed by atoms with van der Waals surface area (Å²) in [7, 11) is 0. The molecule has 0 radical (unpaired) electrons. The molecule has 4 heteroatoms. The van der Waals surface area contributed by atoms with Crippen LogP contribution in [0.5, 0.6) is 11.5 Å².